The van der Waals surface area contributed by atoms with Crippen LogP contribution in [0.25, 0.3) is 0 Å². The van der Waals surface area contributed by atoms with E-state index in [2.05, 4.69) is 21.2 Å². The lowest BCUT2D eigenvalue weighted by Gasteiger charge is -2.14. The Bertz CT molecular complexity index is 403. The summed E-state index contributed by atoms with van der Waals surface area (Å²) < 4.78 is 0.880. The van der Waals surface area contributed by atoms with Crippen LogP contribution in [-0.2, 0) is 0 Å². The van der Waals surface area contributed by atoms with Crippen molar-refractivity contribution in [3.8, 4) is 0 Å². The Labute approximate surface area is 102 Å². The molecule has 1 fully saturated rings. The molecule has 0 spiro atoms. The van der Waals surface area contributed by atoms with E-state index in [-0.39, 0.29) is 10.6 Å². The van der Waals surface area contributed by atoms with E-state index < -0.39 is 0 Å². The minimum atomic E-state index is -0.369. The number of halogens is 1. The SMILES string of the molecule is O=[N+]([O-])c1ccc(Br)c(NC2CCCC2)c1. The number of nitrogens with zero attached hydrogens (tertiary/aromatic N) is 1. The lowest BCUT2D eigenvalue weighted by molar-refractivity contribution is -0.384. The Morgan fingerprint density at radius 2 is 2.06 bits per heavy atom. The molecule has 0 unspecified atom stereocenters. The van der Waals surface area contributed by atoms with Crippen molar-refractivity contribution in [2.24, 2.45) is 0 Å². The highest BCUT2D eigenvalue weighted by atomic mass is 79.9. The molecular formula is C11H13BrN2O2. The van der Waals surface area contributed by atoms with Crippen LogP contribution in [0.3, 0.4) is 0 Å². The lowest BCUT2D eigenvalue weighted by atomic mass is 10.2. The number of hydrogen-bond acceptors (Lipinski definition) is 3. The molecule has 1 N–H and O–H groups in total. The van der Waals surface area contributed by atoms with Gasteiger partial charge in [-0.1, -0.05) is 12.8 Å². The minimum absolute atomic E-state index is 0.128. The second-order valence-electron chi connectivity index (χ2n) is 4.05. The average molecular weight is 285 g/mol. The van der Waals surface area contributed by atoms with E-state index >= 15 is 0 Å². The van der Waals surface area contributed by atoms with Crippen molar-refractivity contribution < 1.29 is 4.92 Å². The van der Waals surface area contributed by atoms with Crippen molar-refractivity contribution in [2.75, 3.05) is 5.32 Å². The van der Waals surface area contributed by atoms with Crippen LogP contribution in [-0.4, -0.2) is 11.0 Å². The highest BCUT2D eigenvalue weighted by Gasteiger charge is 2.17. The summed E-state index contributed by atoms with van der Waals surface area (Å²) >= 11 is 3.40. The minimum Gasteiger partial charge on any atom is -0.381 e. The molecule has 5 heteroatoms. The first-order valence-electron chi connectivity index (χ1n) is 5.37. The van der Waals surface area contributed by atoms with Crippen LogP contribution in [0.5, 0.6) is 0 Å². The number of benzene rings is 1. The normalized spacial score (nSPS) is 16.3. The van der Waals surface area contributed by atoms with Gasteiger partial charge >= 0.3 is 0 Å². The first-order valence-corrected chi connectivity index (χ1v) is 6.16. The summed E-state index contributed by atoms with van der Waals surface area (Å²) in [6, 6.07) is 5.26. The first-order chi connectivity index (χ1) is 7.66. The summed E-state index contributed by atoms with van der Waals surface area (Å²) in [5, 5.41) is 14.0. The largest absolute Gasteiger partial charge is 0.381 e. The molecule has 1 aromatic rings. The van der Waals surface area contributed by atoms with E-state index in [1.165, 1.54) is 18.9 Å². The molecule has 0 heterocycles. The molecule has 1 aromatic carbocycles. The summed E-state index contributed by atoms with van der Waals surface area (Å²) in [4.78, 5) is 10.3. The smallest absolute Gasteiger partial charge is 0.271 e. The van der Waals surface area contributed by atoms with Crippen LogP contribution in [0, 0.1) is 10.1 Å². The van der Waals surface area contributed by atoms with Crippen molar-refractivity contribution in [1.29, 1.82) is 0 Å². The number of nitro benzene ring substituents is 1. The van der Waals surface area contributed by atoms with Gasteiger partial charge in [-0.3, -0.25) is 10.1 Å². The van der Waals surface area contributed by atoms with Gasteiger partial charge in [0.15, 0.2) is 0 Å². The topological polar surface area (TPSA) is 55.2 Å². The van der Waals surface area contributed by atoms with Crippen LogP contribution in [0.4, 0.5) is 11.4 Å². The molecule has 2 rings (SSSR count). The van der Waals surface area contributed by atoms with Crippen molar-refractivity contribution in [1.82, 2.24) is 0 Å². The van der Waals surface area contributed by atoms with Gasteiger partial charge in [0, 0.05) is 22.6 Å². The molecule has 0 aliphatic heterocycles. The quantitative estimate of drug-likeness (QED) is 0.680. The number of nitro groups is 1. The molecule has 4 nitrogen and oxygen atoms in total. The molecule has 16 heavy (non-hydrogen) atoms. The van der Waals surface area contributed by atoms with Gasteiger partial charge in [-0.2, -0.15) is 0 Å². The van der Waals surface area contributed by atoms with Crippen LogP contribution in [0.15, 0.2) is 22.7 Å². The number of non-ortho nitro benzene ring substituents is 1. The van der Waals surface area contributed by atoms with Crippen LogP contribution in [0.2, 0.25) is 0 Å². The standard InChI is InChI=1S/C11H13BrN2O2/c12-10-6-5-9(14(15)16)7-11(10)13-8-3-1-2-4-8/h5-8,13H,1-4H2. The molecule has 1 aliphatic carbocycles. The molecule has 0 atom stereocenters. The maximum atomic E-state index is 10.7. The van der Waals surface area contributed by atoms with Crippen LogP contribution < -0.4 is 5.32 Å². The van der Waals surface area contributed by atoms with E-state index in [4.69, 9.17) is 0 Å². The summed E-state index contributed by atoms with van der Waals surface area (Å²) in [6.45, 7) is 0. The molecule has 0 radical (unpaired) electrons. The zero-order valence-electron chi connectivity index (χ0n) is 8.78. The van der Waals surface area contributed by atoms with Gasteiger partial charge in [-0.15, -0.1) is 0 Å². The van der Waals surface area contributed by atoms with Crippen molar-refractivity contribution in [2.45, 2.75) is 31.7 Å². The number of hydrogen-bond donors (Lipinski definition) is 1. The van der Waals surface area contributed by atoms with Crippen molar-refractivity contribution in [3.05, 3.63) is 32.8 Å². The molecule has 0 aromatic heterocycles. The second kappa shape index (κ2) is 4.82. The fraction of sp³-hybridized carbons (Fsp3) is 0.455. The third kappa shape index (κ3) is 2.52. The van der Waals surface area contributed by atoms with Gasteiger partial charge < -0.3 is 5.32 Å². The van der Waals surface area contributed by atoms with Gasteiger partial charge in [0.2, 0.25) is 0 Å². The number of rotatable bonds is 3. The van der Waals surface area contributed by atoms with Gasteiger partial charge in [0.1, 0.15) is 0 Å². The third-order valence-corrected chi connectivity index (χ3v) is 3.57. The number of anilines is 1. The van der Waals surface area contributed by atoms with Crippen molar-refractivity contribution >= 4 is 27.3 Å². The van der Waals surface area contributed by atoms with E-state index in [9.17, 15) is 10.1 Å². The van der Waals surface area contributed by atoms with Crippen LogP contribution in [0.1, 0.15) is 25.7 Å². The maximum Gasteiger partial charge on any atom is 0.271 e. The third-order valence-electron chi connectivity index (χ3n) is 2.88. The van der Waals surface area contributed by atoms with Crippen LogP contribution >= 0.6 is 15.9 Å². The summed E-state index contributed by atoms with van der Waals surface area (Å²) in [6.07, 6.45) is 4.78. The Morgan fingerprint density at radius 3 is 2.69 bits per heavy atom. The molecule has 1 aliphatic rings. The Hall–Kier alpha value is -1.10. The fourth-order valence-corrected chi connectivity index (χ4v) is 2.39. The van der Waals surface area contributed by atoms with Gasteiger partial charge in [-0.25, -0.2) is 0 Å². The average Bonchev–Trinajstić information content (AvgIpc) is 2.73. The van der Waals surface area contributed by atoms with E-state index in [0.29, 0.717) is 6.04 Å². The predicted molar refractivity (Wildman–Crippen MR) is 66.7 cm³/mol. The molecule has 1 saturated carbocycles. The summed E-state index contributed by atoms with van der Waals surface area (Å²) in [7, 11) is 0. The Balaban J connectivity index is 2.17. The van der Waals surface area contributed by atoms with E-state index in [0.717, 1.165) is 23.0 Å². The molecular weight excluding hydrogens is 272 g/mol. The Morgan fingerprint density at radius 1 is 1.38 bits per heavy atom. The molecule has 0 bridgehead atoms. The van der Waals surface area contributed by atoms with E-state index in [1.54, 1.807) is 12.1 Å². The summed E-state index contributed by atoms with van der Waals surface area (Å²) in [5.74, 6) is 0. The van der Waals surface area contributed by atoms with Gasteiger partial charge in [-0.05, 0) is 34.8 Å². The number of nitrogens with one attached hydrogen (secondary N) is 1. The zero-order valence-corrected chi connectivity index (χ0v) is 10.4. The highest BCUT2D eigenvalue weighted by molar-refractivity contribution is 9.10. The maximum absolute atomic E-state index is 10.7. The molecule has 0 saturated heterocycles. The lowest BCUT2D eigenvalue weighted by Crippen LogP contribution is -2.14. The highest BCUT2D eigenvalue weighted by Crippen LogP contribution is 2.30. The van der Waals surface area contributed by atoms with E-state index in [1.807, 2.05) is 0 Å². The van der Waals surface area contributed by atoms with Crippen molar-refractivity contribution in [3.63, 3.8) is 0 Å². The summed E-state index contributed by atoms with van der Waals surface area (Å²) in [5.41, 5.74) is 0.949. The fourth-order valence-electron chi connectivity index (χ4n) is 2.03. The monoisotopic (exact) mass is 284 g/mol. The molecule has 0 amide bonds. The zero-order chi connectivity index (χ0) is 11.5. The van der Waals surface area contributed by atoms with Gasteiger partial charge in [0.05, 0.1) is 10.6 Å². The first kappa shape index (κ1) is 11.4. The second-order valence-corrected chi connectivity index (χ2v) is 4.90. The van der Waals surface area contributed by atoms with Gasteiger partial charge in [0.25, 0.3) is 5.69 Å². The molecule has 86 valence electrons. The predicted octanol–water partition coefficient (Wildman–Crippen LogP) is 3.71. The Kier molecular flexibility index (Phi) is 3.43.